The predicted molar refractivity (Wildman–Crippen MR) is 91.0 cm³/mol. The number of rotatable bonds is 5. The number of benzene rings is 2. The quantitative estimate of drug-likeness (QED) is 0.628. The molecule has 7 nitrogen and oxygen atoms in total. The third-order valence-corrected chi connectivity index (χ3v) is 5.90. The number of carbonyl (C=O) groups is 1. The minimum atomic E-state index is -3.82. The first-order chi connectivity index (χ1) is 12.0. The third kappa shape index (κ3) is 3.06. The lowest BCUT2D eigenvalue weighted by atomic mass is 10.0. The molecule has 2 N–H and O–H groups in total. The molecular weight excluding hydrogens is 344 g/mol. The van der Waals surface area contributed by atoms with Gasteiger partial charge in [0.2, 0.25) is 5.91 Å². The summed E-state index contributed by atoms with van der Waals surface area (Å²) in [5.41, 5.74) is 2.49. The van der Waals surface area contributed by atoms with Gasteiger partial charge in [-0.3, -0.25) is 14.3 Å². The van der Waals surface area contributed by atoms with Crippen molar-refractivity contribution < 1.29 is 23.2 Å². The average Bonchev–Trinajstić information content (AvgIpc) is 2.82. The molecule has 1 aliphatic heterocycles. The van der Waals surface area contributed by atoms with Crippen molar-refractivity contribution in [3.8, 4) is 5.75 Å². The summed E-state index contributed by atoms with van der Waals surface area (Å²) >= 11 is 0. The van der Waals surface area contributed by atoms with E-state index in [1.807, 2.05) is 6.92 Å². The summed E-state index contributed by atoms with van der Waals surface area (Å²) in [6, 6.07) is 12.5. The fraction of sp³-hybridized carbons (Fsp3) is 0.235. The topological polar surface area (TPSA) is 95.9 Å². The molecule has 3 rings (SSSR count). The molecule has 1 amide bonds. The Labute approximate surface area is 145 Å². The maximum Gasteiger partial charge on any atom is 0.265 e. The summed E-state index contributed by atoms with van der Waals surface area (Å²) in [6.07, 6.45) is -0.215. The van der Waals surface area contributed by atoms with Gasteiger partial charge < -0.3 is 4.74 Å². The molecule has 1 heterocycles. The number of nitrogens with zero attached hydrogens (tertiary/aromatic N) is 1. The molecule has 1 aliphatic rings. The van der Waals surface area contributed by atoms with Crippen LogP contribution in [0.1, 0.15) is 24.9 Å². The fourth-order valence-corrected chi connectivity index (χ4v) is 4.85. The Kier molecular flexibility index (Phi) is 4.65. The number of hydroxylamine groups is 1. The monoisotopic (exact) mass is 362 g/mol. The number of sulfonamides is 1. The number of carbonyl (C=O) groups excluding carboxylic acids is 1. The Morgan fingerprint density at radius 2 is 1.96 bits per heavy atom. The maximum absolute atomic E-state index is 13.0. The first-order valence-corrected chi connectivity index (χ1v) is 9.22. The minimum absolute atomic E-state index is 0.135. The fourth-order valence-electron chi connectivity index (χ4n) is 2.99. The summed E-state index contributed by atoms with van der Waals surface area (Å²) in [5, 5.41) is 8.88. The molecule has 0 spiro atoms. The molecule has 2 aromatic carbocycles. The maximum atomic E-state index is 13.0. The van der Waals surface area contributed by atoms with Gasteiger partial charge in [0.15, 0.2) is 0 Å². The number of hydrogen-bond acceptors (Lipinski definition) is 5. The number of anilines is 1. The molecule has 0 aliphatic carbocycles. The van der Waals surface area contributed by atoms with Crippen LogP contribution in [0.3, 0.4) is 0 Å². The van der Waals surface area contributed by atoms with Crippen LogP contribution in [-0.4, -0.2) is 26.1 Å². The molecule has 1 unspecified atom stereocenters. The molecular formula is C17H18N2O5S. The van der Waals surface area contributed by atoms with Gasteiger partial charge in [-0.1, -0.05) is 18.2 Å². The zero-order chi connectivity index (χ0) is 18.0. The van der Waals surface area contributed by atoms with Gasteiger partial charge in [0.25, 0.3) is 10.0 Å². The van der Waals surface area contributed by atoms with E-state index < -0.39 is 22.0 Å². The molecule has 25 heavy (non-hydrogen) atoms. The standard InChI is InChI=1S/C17H18N2O5S/c1-2-24-13-8-9-16-14(10-13)15(11-17(20)18-21)19(25(16,22)23)12-6-4-3-5-7-12/h3-10,15,21H,2,11H2,1H3,(H,18,20). The van der Waals surface area contributed by atoms with E-state index in [0.29, 0.717) is 23.6 Å². The summed E-state index contributed by atoms with van der Waals surface area (Å²) < 4.78 is 32.7. The van der Waals surface area contributed by atoms with E-state index in [2.05, 4.69) is 0 Å². The Balaban J connectivity index is 2.15. The molecule has 2 aromatic rings. The van der Waals surface area contributed by atoms with Crippen LogP contribution < -0.4 is 14.5 Å². The molecule has 0 radical (unpaired) electrons. The van der Waals surface area contributed by atoms with Gasteiger partial charge in [0.05, 0.1) is 29.7 Å². The second-order valence-electron chi connectivity index (χ2n) is 5.52. The van der Waals surface area contributed by atoms with Crippen molar-refractivity contribution in [1.82, 2.24) is 5.48 Å². The molecule has 0 saturated carbocycles. The van der Waals surface area contributed by atoms with Gasteiger partial charge in [0, 0.05) is 5.56 Å². The molecule has 1 atom stereocenters. The van der Waals surface area contributed by atoms with Crippen molar-refractivity contribution in [2.75, 3.05) is 10.9 Å². The number of hydrogen-bond donors (Lipinski definition) is 2. The van der Waals surface area contributed by atoms with Crippen LogP contribution in [0.5, 0.6) is 5.75 Å². The number of fused-ring (bicyclic) bond motifs is 1. The van der Waals surface area contributed by atoms with Gasteiger partial charge in [-0.05, 0) is 37.3 Å². The van der Waals surface area contributed by atoms with Crippen molar-refractivity contribution in [3.63, 3.8) is 0 Å². The van der Waals surface area contributed by atoms with Crippen molar-refractivity contribution in [1.29, 1.82) is 0 Å². The Hall–Kier alpha value is -2.58. The lowest BCUT2D eigenvalue weighted by Gasteiger charge is -2.25. The van der Waals surface area contributed by atoms with Crippen LogP contribution in [0.15, 0.2) is 53.4 Å². The molecule has 132 valence electrons. The zero-order valence-corrected chi connectivity index (χ0v) is 14.4. The normalized spacial score (nSPS) is 17.8. The lowest BCUT2D eigenvalue weighted by Crippen LogP contribution is -2.32. The Bertz CT molecular complexity index is 883. The highest BCUT2D eigenvalue weighted by Crippen LogP contribution is 2.45. The van der Waals surface area contributed by atoms with Crippen molar-refractivity contribution in [2.45, 2.75) is 24.3 Å². The van der Waals surface area contributed by atoms with Crippen LogP contribution >= 0.6 is 0 Å². The van der Waals surface area contributed by atoms with E-state index in [1.54, 1.807) is 47.9 Å². The highest BCUT2D eigenvalue weighted by molar-refractivity contribution is 7.93. The molecule has 0 bridgehead atoms. The molecule has 8 heteroatoms. The van der Waals surface area contributed by atoms with Crippen LogP contribution in [0.4, 0.5) is 5.69 Å². The number of ether oxygens (including phenoxy) is 1. The van der Waals surface area contributed by atoms with Crippen LogP contribution in [0.25, 0.3) is 0 Å². The Morgan fingerprint density at radius 1 is 1.24 bits per heavy atom. The molecule has 0 fully saturated rings. The second kappa shape index (κ2) is 6.73. The summed E-state index contributed by atoms with van der Waals surface area (Å²) in [7, 11) is -3.82. The second-order valence-corrected chi connectivity index (χ2v) is 7.31. The molecule has 0 aromatic heterocycles. The number of nitrogens with one attached hydrogen (secondary N) is 1. The summed E-state index contributed by atoms with van der Waals surface area (Å²) in [6.45, 7) is 2.27. The zero-order valence-electron chi connectivity index (χ0n) is 13.5. The van der Waals surface area contributed by atoms with E-state index in [1.165, 1.54) is 10.4 Å². The number of amides is 1. The Morgan fingerprint density at radius 3 is 2.60 bits per heavy atom. The molecule has 0 saturated heterocycles. The van der Waals surface area contributed by atoms with Gasteiger partial charge in [-0.25, -0.2) is 13.9 Å². The van der Waals surface area contributed by atoms with Gasteiger partial charge in [-0.15, -0.1) is 0 Å². The largest absolute Gasteiger partial charge is 0.494 e. The first-order valence-electron chi connectivity index (χ1n) is 7.78. The minimum Gasteiger partial charge on any atom is -0.494 e. The van der Waals surface area contributed by atoms with Crippen LogP contribution in [-0.2, 0) is 14.8 Å². The van der Waals surface area contributed by atoms with Crippen LogP contribution in [0, 0.1) is 0 Å². The van der Waals surface area contributed by atoms with E-state index in [9.17, 15) is 13.2 Å². The van der Waals surface area contributed by atoms with Crippen molar-refractivity contribution >= 4 is 21.6 Å². The van der Waals surface area contributed by atoms with Gasteiger partial charge in [0.1, 0.15) is 5.75 Å². The van der Waals surface area contributed by atoms with E-state index in [4.69, 9.17) is 9.94 Å². The third-order valence-electron chi connectivity index (χ3n) is 3.99. The van der Waals surface area contributed by atoms with Gasteiger partial charge >= 0.3 is 0 Å². The number of para-hydroxylation sites is 1. The smallest absolute Gasteiger partial charge is 0.265 e. The van der Waals surface area contributed by atoms with E-state index >= 15 is 0 Å². The SMILES string of the molecule is CCOc1ccc2c(c1)C(CC(=O)NO)N(c1ccccc1)S2(=O)=O. The van der Waals surface area contributed by atoms with E-state index in [-0.39, 0.29) is 11.3 Å². The highest BCUT2D eigenvalue weighted by Gasteiger charge is 2.43. The summed E-state index contributed by atoms with van der Waals surface area (Å²) in [5.74, 6) is -0.142. The van der Waals surface area contributed by atoms with Crippen LogP contribution in [0.2, 0.25) is 0 Å². The summed E-state index contributed by atoms with van der Waals surface area (Å²) in [4.78, 5) is 11.9. The predicted octanol–water partition coefficient (Wildman–Crippen LogP) is 2.23. The van der Waals surface area contributed by atoms with Gasteiger partial charge in [-0.2, -0.15) is 0 Å². The van der Waals surface area contributed by atoms with Crippen molar-refractivity contribution in [3.05, 3.63) is 54.1 Å². The average molecular weight is 362 g/mol. The van der Waals surface area contributed by atoms with Crippen molar-refractivity contribution in [2.24, 2.45) is 0 Å². The highest BCUT2D eigenvalue weighted by atomic mass is 32.2. The lowest BCUT2D eigenvalue weighted by molar-refractivity contribution is -0.129. The van der Waals surface area contributed by atoms with E-state index in [0.717, 1.165) is 0 Å². The first kappa shape index (κ1) is 17.2.